The van der Waals surface area contributed by atoms with Crippen molar-refractivity contribution in [3.8, 4) is 5.75 Å². The maximum atomic E-state index is 12.5. The Bertz CT molecular complexity index is 1040. The second-order valence-corrected chi connectivity index (χ2v) is 6.77. The number of aryl methyl sites for hydroxylation is 1. The highest BCUT2D eigenvalue weighted by Crippen LogP contribution is 2.18. The van der Waals surface area contributed by atoms with Gasteiger partial charge in [0.2, 0.25) is 5.91 Å². The van der Waals surface area contributed by atoms with E-state index in [1.54, 1.807) is 33.7 Å². The number of hydrogen-bond donors (Lipinski definition) is 1. The minimum Gasteiger partial charge on any atom is -0.484 e. The molecule has 10 heteroatoms. The lowest BCUT2D eigenvalue weighted by atomic mass is 10.2. The van der Waals surface area contributed by atoms with Gasteiger partial charge in [-0.1, -0.05) is 0 Å². The van der Waals surface area contributed by atoms with Gasteiger partial charge in [0, 0.05) is 43.5 Å². The van der Waals surface area contributed by atoms with Gasteiger partial charge in [0.1, 0.15) is 17.9 Å². The lowest BCUT2D eigenvalue weighted by molar-refractivity contribution is -0.133. The number of carbonyl (C=O) groups excluding carboxylic acids is 2. The molecule has 0 spiro atoms. The number of primary amides is 1. The van der Waals surface area contributed by atoms with Crippen molar-refractivity contribution in [1.82, 2.24) is 24.5 Å². The smallest absolute Gasteiger partial charge is 0.260 e. The molecule has 1 saturated heterocycles. The monoisotopic (exact) mass is 395 g/mol. The van der Waals surface area contributed by atoms with Gasteiger partial charge >= 0.3 is 0 Å². The first-order chi connectivity index (χ1) is 14.0. The van der Waals surface area contributed by atoms with Gasteiger partial charge < -0.3 is 20.3 Å². The summed E-state index contributed by atoms with van der Waals surface area (Å²) in [6.45, 7) is 4.39. The van der Waals surface area contributed by atoms with Gasteiger partial charge in [0.05, 0.1) is 0 Å². The van der Waals surface area contributed by atoms with Gasteiger partial charge in [0.15, 0.2) is 6.61 Å². The first-order valence-corrected chi connectivity index (χ1v) is 9.24. The van der Waals surface area contributed by atoms with Crippen LogP contribution < -0.4 is 15.4 Å². The quantitative estimate of drug-likeness (QED) is 0.658. The standard InChI is InChI=1S/C19H21N7O3/c1-13-10-16(26-19(23-13)21-12-22-26)24-6-8-25(9-7-24)17(27)11-29-15-4-2-14(3-5-15)18(20)28/h2-5,10,12H,6-9,11H2,1H3,(H2,20,28). The molecule has 1 fully saturated rings. The van der Waals surface area contributed by atoms with Crippen LogP contribution in [0.25, 0.3) is 5.78 Å². The first kappa shape index (κ1) is 18.7. The number of anilines is 1. The Morgan fingerprint density at radius 3 is 2.55 bits per heavy atom. The van der Waals surface area contributed by atoms with Crippen LogP contribution in [0.2, 0.25) is 0 Å². The number of hydrogen-bond acceptors (Lipinski definition) is 7. The second kappa shape index (κ2) is 7.74. The van der Waals surface area contributed by atoms with Crippen molar-refractivity contribution in [2.24, 2.45) is 5.73 Å². The lowest BCUT2D eigenvalue weighted by Crippen LogP contribution is -2.50. The summed E-state index contributed by atoms with van der Waals surface area (Å²) in [6, 6.07) is 8.37. The van der Waals surface area contributed by atoms with Gasteiger partial charge in [-0.15, -0.1) is 0 Å². The Morgan fingerprint density at radius 2 is 1.86 bits per heavy atom. The van der Waals surface area contributed by atoms with Gasteiger partial charge in [-0.25, -0.2) is 4.98 Å². The fourth-order valence-corrected chi connectivity index (χ4v) is 3.27. The van der Waals surface area contributed by atoms with Crippen LogP contribution in [-0.2, 0) is 4.79 Å². The maximum Gasteiger partial charge on any atom is 0.260 e. The molecule has 1 aliphatic rings. The third-order valence-electron chi connectivity index (χ3n) is 4.82. The molecule has 0 bridgehead atoms. The number of ether oxygens (including phenoxy) is 1. The van der Waals surface area contributed by atoms with Crippen molar-refractivity contribution in [1.29, 1.82) is 0 Å². The minimum atomic E-state index is -0.502. The molecule has 0 unspecified atom stereocenters. The van der Waals surface area contributed by atoms with E-state index in [4.69, 9.17) is 10.5 Å². The average molecular weight is 395 g/mol. The molecular formula is C19H21N7O3. The fraction of sp³-hybridized carbons (Fsp3) is 0.316. The van der Waals surface area contributed by atoms with E-state index in [0.717, 1.165) is 11.5 Å². The van der Waals surface area contributed by atoms with Crippen LogP contribution in [0.1, 0.15) is 16.1 Å². The van der Waals surface area contributed by atoms with Gasteiger partial charge in [-0.2, -0.15) is 14.6 Å². The van der Waals surface area contributed by atoms with Crippen LogP contribution in [0, 0.1) is 6.92 Å². The molecule has 1 aliphatic heterocycles. The maximum absolute atomic E-state index is 12.5. The molecule has 0 atom stereocenters. The summed E-state index contributed by atoms with van der Waals surface area (Å²) < 4.78 is 7.25. The lowest BCUT2D eigenvalue weighted by Gasteiger charge is -2.35. The molecule has 1 aromatic carbocycles. The van der Waals surface area contributed by atoms with Crippen molar-refractivity contribution in [2.45, 2.75) is 6.92 Å². The van der Waals surface area contributed by atoms with E-state index < -0.39 is 5.91 Å². The number of nitrogens with zero attached hydrogens (tertiary/aromatic N) is 6. The van der Waals surface area contributed by atoms with E-state index in [1.807, 2.05) is 13.0 Å². The topological polar surface area (TPSA) is 119 Å². The van der Waals surface area contributed by atoms with Gasteiger partial charge in [0.25, 0.3) is 11.7 Å². The minimum absolute atomic E-state index is 0.0579. The van der Waals surface area contributed by atoms with Crippen molar-refractivity contribution in [3.63, 3.8) is 0 Å². The molecule has 29 heavy (non-hydrogen) atoms. The molecule has 0 radical (unpaired) electrons. The Hall–Kier alpha value is -3.69. The van der Waals surface area contributed by atoms with E-state index >= 15 is 0 Å². The average Bonchev–Trinajstić information content (AvgIpc) is 3.20. The van der Waals surface area contributed by atoms with Gasteiger partial charge in [-0.05, 0) is 31.2 Å². The number of piperazine rings is 1. The molecule has 2 amide bonds. The van der Waals surface area contributed by atoms with E-state index in [2.05, 4.69) is 20.0 Å². The molecule has 0 aliphatic carbocycles. The summed E-state index contributed by atoms with van der Waals surface area (Å²) >= 11 is 0. The highest BCUT2D eigenvalue weighted by molar-refractivity contribution is 5.92. The molecule has 2 N–H and O–H groups in total. The largest absolute Gasteiger partial charge is 0.484 e. The van der Waals surface area contributed by atoms with Crippen LogP contribution >= 0.6 is 0 Å². The number of fused-ring (bicyclic) bond motifs is 1. The molecule has 150 valence electrons. The number of nitrogens with two attached hydrogens (primary N) is 1. The predicted octanol–water partition coefficient (Wildman–Crippen LogP) is 0.259. The molecule has 10 nitrogen and oxygen atoms in total. The predicted molar refractivity (Wildman–Crippen MR) is 105 cm³/mol. The van der Waals surface area contributed by atoms with Crippen LogP contribution in [0.5, 0.6) is 5.75 Å². The highest BCUT2D eigenvalue weighted by atomic mass is 16.5. The zero-order valence-corrected chi connectivity index (χ0v) is 16.0. The summed E-state index contributed by atoms with van der Waals surface area (Å²) in [4.78, 5) is 36.0. The molecule has 0 saturated carbocycles. The highest BCUT2D eigenvalue weighted by Gasteiger charge is 2.23. The third-order valence-corrected chi connectivity index (χ3v) is 4.82. The number of amides is 2. The zero-order chi connectivity index (χ0) is 20.4. The zero-order valence-electron chi connectivity index (χ0n) is 16.0. The van der Waals surface area contributed by atoms with E-state index in [9.17, 15) is 9.59 Å². The summed E-state index contributed by atoms with van der Waals surface area (Å²) in [5, 5.41) is 4.24. The van der Waals surface area contributed by atoms with Crippen molar-refractivity contribution in [2.75, 3.05) is 37.7 Å². The Kier molecular flexibility index (Phi) is 4.98. The summed E-state index contributed by atoms with van der Waals surface area (Å²) in [6.07, 6.45) is 1.48. The summed E-state index contributed by atoms with van der Waals surface area (Å²) in [5.41, 5.74) is 6.48. The Labute approximate surface area is 166 Å². The van der Waals surface area contributed by atoms with Crippen LogP contribution in [-0.4, -0.2) is 69.1 Å². The SMILES string of the molecule is Cc1cc(N2CCN(C(=O)COc3ccc(C(N)=O)cc3)CC2)n2ncnc2n1. The van der Waals surface area contributed by atoms with Crippen molar-refractivity contribution >= 4 is 23.4 Å². The van der Waals surface area contributed by atoms with E-state index in [0.29, 0.717) is 43.3 Å². The molecule has 3 aromatic rings. The Balaban J connectivity index is 1.33. The first-order valence-electron chi connectivity index (χ1n) is 9.24. The van der Waals surface area contributed by atoms with Crippen LogP contribution in [0.15, 0.2) is 36.7 Å². The molecule has 4 rings (SSSR count). The van der Waals surface area contributed by atoms with E-state index in [1.165, 1.54) is 6.33 Å². The van der Waals surface area contributed by atoms with Crippen molar-refractivity contribution in [3.05, 3.63) is 47.9 Å². The van der Waals surface area contributed by atoms with Crippen LogP contribution in [0.4, 0.5) is 5.82 Å². The fourth-order valence-electron chi connectivity index (χ4n) is 3.27. The third kappa shape index (κ3) is 3.96. The molecular weight excluding hydrogens is 374 g/mol. The van der Waals surface area contributed by atoms with Crippen molar-refractivity contribution < 1.29 is 14.3 Å². The van der Waals surface area contributed by atoms with E-state index in [-0.39, 0.29) is 12.5 Å². The summed E-state index contributed by atoms with van der Waals surface area (Å²) in [7, 11) is 0. The number of carbonyl (C=O) groups is 2. The summed E-state index contributed by atoms with van der Waals surface area (Å²) in [5.74, 6) is 1.42. The normalized spacial score (nSPS) is 14.2. The number of aromatic nitrogens is 4. The van der Waals surface area contributed by atoms with Gasteiger partial charge in [-0.3, -0.25) is 9.59 Å². The second-order valence-electron chi connectivity index (χ2n) is 6.77. The molecule has 3 heterocycles. The number of rotatable bonds is 5. The molecule has 2 aromatic heterocycles. The number of benzene rings is 1. The van der Waals surface area contributed by atoms with Crippen LogP contribution in [0.3, 0.4) is 0 Å². The Morgan fingerprint density at radius 1 is 1.14 bits per heavy atom.